The van der Waals surface area contributed by atoms with Crippen molar-refractivity contribution in [1.29, 1.82) is 0 Å². The van der Waals surface area contributed by atoms with Gasteiger partial charge in [-0.2, -0.15) is 0 Å². The highest BCUT2D eigenvalue weighted by molar-refractivity contribution is 9.12. The Bertz CT molecular complexity index is 740. The maximum absolute atomic E-state index is 12.5. The summed E-state index contributed by atoms with van der Waals surface area (Å²) in [6.45, 7) is 0. The zero-order valence-corrected chi connectivity index (χ0v) is 15.8. The number of nitro groups is 1. The van der Waals surface area contributed by atoms with Crippen molar-refractivity contribution in [3.05, 3.63) is 64.2 Å². The minimum atomic E-state index is -0.580. The van der Waals surface area contributed by atoms with Crippen LogP contribution in [0.25, 0.3) is 0 Å². The highest BCUT2D eigenvalue weighted by Crippen LogP contribution is 2.36. The Labute approximate surface area is 155 Å². The Balaban J connectivity index is 2.20. The molecule has 0 aliphatic heterocycles. The Morgan fingerprint density at radius 3 is 2.42 bits per heavy atom. The number of benzene rings is 2. The standard InChI is InChI=1S/C16H14Br2N2O4/c1-24-15-11(8-5-9-12(15)20(22)23)19-16(21)14(18)13(17)10-6-3-2-4-7-10/h2-9,13-14H,1H3,(H,19,21)/t13-,14-/m1/s1. The van der Waals surface area contributed by atoms with Crippen LogP contribution in [0.15, 0.2) is 48.5 Å². The van der Waals surface area contributed by atoms with Gasteiger partial charge in [0.1, 0.15) is 4.83 Å². The molecule has 0 spiro atoms. The van der Waals surface area contributed by atoms with Crippen molar-refractivity contribution < 1.29 is 14.5 Å². The van der Waals surface area contributed by atoms with E-state index in [-0.39, 0.29) is 27.9 Å². The molecule has 1 amide bonds. The summed E-state index contributed by atoms with van der Waals surface area (Å²) in [4.78, 5) is 22.1. The van der Waals surface area contributed by atoms with Gasteiger partial charge < -0.3 is 10.1 Å². The normalized spacial score (nSPS) is 13.0. The van der Waals surface area contributed by atoms with E-state index in [2.05, 4.69) is 37.2 Å². The molecule has 0 heterocycles. The highest BCUT2D eigenvalue weighted by atomic mass is 79.9. The number of amides is 1. The summed E-state index contributed by atoms with van der Waals surface area (Å²) in [5, 5.41) is 13.7. The van der Waals surface area contributed by atoms with Crippen LogP contribution in [-0.4, -0.2) is 22.8 Å². The van der Waals surface area contributed by atoms with Crippen LogP contribution in [0.3, 0.4) is 0 Å². The van der Waals surface area contributed by atoms with E-state index in [1.807, 2.05) is 30.3 Å². The van der Waals surface area contributed by atoms with Crippen LogP contribution in [-0.2, 0) is 4.79 Å². The first-order valence-corrected chi connectivity index (χ1v) is 8.74. The third-order valence-corrected chi connectivity index (χ3v) is 5.99. The molecule has 6 nitrogen and oxygen atoms in total. The van der Waals surface area contributed by atoms with Gasteiger partial charge in [0.25, 0.3) is 0 Å². The molecule has 0 saturated heterocycles. The number of nitro benzene ring substituents is 1. The van der Waals surface area contributed by atoms with E-state index in [0.717, 1.165) is 5.56 Å². The minimum absolute atomic E-state index is 0.0152. The summed E-state index contributed by atoms with van der Waals surface area (Å²) < 4.78 is 5.08. The number of nitrogens with zero attached hydrogens (tertiary/aromatic N) is 1. The second kappa shape index (κ2) is 8.25. The van der Waals surface area contributed by atoms with Gasteiger partial charge in [-0.15, -0.1) is 0 Å². The summed E-state index contributed by atoms with van der Waals surface area (Å²) in [5.41, 5.74) is 0.967. The summed E-state index contributed by atoms with van der Waals surface area (Å²) in [6.07, 6.45) is 0. The monoisotopic (exact) mass is 456 g/mol. The first kappa shape index (κ1) is 18.4. The Hall–Kier alpha value is -1.93. The fraction of sp³-hybridized carbons (Fsp3) is 0.188. The maximum atomic E-state index is 12.5. The van der Waals surface area contributed by atoms with Crippen LogP contribution in [0.4, 0.5) is 11.4 Å². The molecule has 0 saturated carbocycles. The number of carbonyl (C=O) groups excluding carboxylic acids is 1. The van der Waals surface area contributed by atoms with Gasteiger partial charge in [-0.3, -0.25) is 14.9 Å². The van der Waals surface area contributed by atoms with Gasteiger partial charge in [0, 0.05) is 6.07 Å². The highest BCUT2D eigenvalue weighted by Gasteiger charge is 2.27. The Morgan fingerprint density at radius 1 is 1.17 bits per heavy atom. The zero-order valence-electron chi connectivity index (χ0n) is 12.6. The fourth-order valence-electron chi connectivity index (χ4n) is 2.12. The Kier molecular flexibility index (Phi) is 6.33. The molecule has 1 N–H and O–H groups in total. The molecule has 0 unspecified atom stereocenters. The molecule has 0 bridgehead atoms. The second-order valence-electron chi connectivity index (χ2n) is 4.82. The van der Waals surface area contributed by atoms with Gasteiger partial charge in [-0.05, 0) is 11.6 Å². The molecule has 126 valence electrons. The lowest BCUT2D eigenvalue weighted by Gasteiger charge is -2.18. The molecule has 0 aromatic heterocycles. The molecule has 2 atom stereocenters. The van der Waals surface area contributed by atoms with Gasteiger partial charge in [-0.25, -0.2) is 0 Å². The summed E-state index contributed by atoms with van der Waals surface area (Å²) in [5.74, 6) is -0.332. The van der Waals surface area contributed by atoms with Crippen molar-refractivity contribution in [3.8, 4) is 5.75 Å². The summed E-state index contributed by atoms with van der Waals surface area (Å²) in [6, 6.07) is 13.8. The molecule has 2 aromatic rings. The second-order valence-corrected chi connectivity index (χ2v) is 6.79. The number of para-hydroxylation sites is 1. The third-order valence-electron chi connectivity index (χ3n) is 3.28. The van der Waals surface area contributed by atoms with E-state index in [0.29, 0.717) is 0 Å². The van der Waals surface area contributed by atoms with Crippen LogP contribution in [0, 0.1) is 10.1 Å². The maximum Gasteiger partial charge on any atom is 0.313 e. The number of alkyl halides is 2. The lowest BCUT2D eigenvalue weighted by atomic mass is 10.1. The number of hydrogen-bond acceptors (Lipinski definition) is 4. The lowest BCUT2D eigenvalue weighted by Crippen LogP contribution is -2.26. The smallest absolute Gasteiger partial charge is 0.313 e. The van der Waals surface area contributed by atoms with Gasteiger partial charge in [-0.1, -0.05) is 68.3 Å². The molecule has 0 aliphatic rings. The largest absolute Gasteiger partial charge is 0.489 e. The van der Waals surface area contributed by atoms with Crippen LogP contribution in [0.5, 0.6) is 5.75 Å². The molecular weight excluding hydrogens is 444 g/mol. The predicted octanol–water partition coefficient (Wildman–Crippen LogP) is 4.44. The number of hydrogen-bond donors (Lipinski definition) is 1. The fourth-order valence-corrected chi connectivity index (χ4v) is 3.09. The minimum Gasteiger partial charge on any atom is -0.489 e. The van der Waals surface area contributed by atoms with E-state index in [1.54, 1.807) is 6.07 Å². The summed E-state index contributed by atoms with van der Waals surface area (Å²) >= 11 is 6.85. The van der Waals surface area contributed by atoms with E-state index >= 15 is 0 Å². The predicted molar refractivity (Wildman–Crippen MR) is 99.1 cm³/mol. The van der Waals surface area contributed by atoms with Gasteiger partial charge >= 0.3 is 5.69 Å². The molecule has 24 heavy (non-hydrogen) atoms. The SMILES string of the molecule is COc1c(NC(=O)[C@H](Br)[C@H](Br)c2ccccc2)cccc1[N+](=O)[O-]. The average Bonchev–Trinajstić information content (AvgIpc) is 2.60. The number of methoxy groups -OCH3 is 1. The van der Waals surface area contributed by atoms with Crippen molar-refractivity contribution >= 4 is 49.1 Å². The van der Waals surface area contributed by atoms with Crippen molar-refractivity contribution in [2.75, 3.05) is 12.4 Å². The first-order valence-electron chi connectivity index (χ1n) is 6.91. The van der Waals surface area contributed by atoms with Crippen LogP contribution >= 0.6 is 31.9 Å². The van der Waals surface area contributed by atoms with Crippen molar-refractivity contribution in [2.24, 2.45) is 0 Å². The van der Waals surface area contributed by atoms with E-state index in [9.17, 15) is 14.9 Å². The Morgan fingerprint density at radius 2 is 1.83 bits per heavy atom. The zero-order chi connectivity index (χ0) is 17.7. The van der Waals surface area contributed by atoms with Crippen molar-refractivity contribution in [1.82, 2.24) is 0 Å². The molecule has 8 heteroatoms. The van der Waals surface area contributed by atoms with Gasteiger partial charge in [0.2, 0.25) is 11.7 Å². The van der Waals surface area contributed by atoms with Gasteiger partial charge in [0.15, 0.2) is 0 Å². The molecule has 0 fully saturated rings. The van der Waals surface area contributed by atoms with E-state index in [4.69, 9.17) is 4.74 Å². The first-order chi connectivity index (χ1) is 11.5. The quantitative estimate of drug-likeness (QED) is 0.395. The van der Waals surface area contributed by atoms with Gasteiger partial charge in [0.05, 0.1) is 22.5 Å². The average molecular weight is 458 g/mol. The van der Waals surface area contributed by atoms with Crippen LogP contribution in [0.2, 0.25) is 0 Å². The molecule has 2 rings (SSSR count). The number of anilines is 1. The molecule has 2 aromatic carbocycles. The number of ether oxygens (including phenoxy) is 1. The van der Waals surface area contributed by atoms with E-state index in [1.165, 1.54) is 19.2 Å². The number of nitrogens with one attached hydrogen (secondary N) is 1. The van der Waals surface area contributed by atoms with Crippen LogP contribution in [0.1, 0.15) is 10.4 Å². The van der Waals surface area contributed by atoms with E-state index < -0.39 is 9.75 Å². The molecular formula is C16H14Br2N2O4. The number of carbonyl (C=O) groups is 1. The molecule has 0 aliphatic carbocycles. The van der Waals surface area contributed by atoms with Crippen molar-refractivity contribution in [2.45, 2.75) is 9.65 Å². The molecule has 0 radical (unpaired) electrons. The number of rotatable bonds is 6. The van der Waals surface area contributed by atoms with Crippen molar-refractivity contribution in [3.63, 3.8) is 0 Å². The number of halogens is 2. The lowest BCUT2D eigenvalue weighted by molar-refractivity contribution is -0.385. The van der Waals surface area contributed by atoms with Crippen LogP contribution < -0.4 is 10.1 Å². The summed E-state index contributed by atoms with van der Waals surface area (Å²) in [7, 11) is 1.32. The third kappa shape index (κ3) is 4.12. The topological polar surface area (TPSA) is 81.5 Å².